The molecule has 0 bridgehead atoms. The van der Waals surface area contributed by atoms with Gasteiger partial charge in [-0.1, -0.05) is 25.0 Å². The van der Waals surface area contributed by atoms with Crippen LogP contribution < -0.4 is 15.0 Å². The standard InChI is InChI=1S/C22H24FN3O5S/c23-17-7-3-4-8-18(17)24-21(27)14-26-19-13-16(9-10-20(19)31-15-22(26)28)32(29,30)25-11-5-1-2-6-12-25/h3-4,7-10,13H,1-2,5-6,11-12,14-15H2,(H,24,27). The summed E-state index contributed by atoms with van der Waals surface area (Å²) in [5.41, 5.74) is 0.191. The summed E-state index contributed by atoms with van der Waals surface area (Å²) in [5.74, 6) is -1.40. The van der Waals surface area contributed by atoms with E-state index in [4.69, 9.17) is 4.74 Å². The van der Waals surface area contributed by atoms with Crippen LogP contribution in [0.3, 0.4) is 0 Å². The summed E-state index contributed by atoms with van der Waals surface area (Å²) in [6.45, 7) is 0.210. The third kappa shape index (κ3) is 4.61. The minimum atomic E-state index is -3.75. The Morgan fingerprint density at radius 1 is 1.06 bits per heavy atom. The Morgan fingerprint density at radius 2 is 1.78 bits per heavy atom. The summed E-state index contributed by atoms with van der Waals surface area (Å²) in [5, 5.41) is 2.44. The van der Waals surface area contributed by atoms with E-state index < -0.39 is 34.2 Å². The maximum atomic E-state index is 13.8. The van der Waals surface area contributed by atoms with Crippen LogP contribution in [0.2, 0.25) is 0 Å². The predicted octanol–water partition coefficient (Wildman–Crippen LogP) is 2.75. The number of fused-ring (bicyclic) bond motifs is 1. The van der Waals surface area contributed by atoms with Gasteiger partial charge in [-0.25, -0.2) is 12.8 Å². The summed E-state index contributed by atoms with van der Waals surface area (Å²) in [4.78, 5) is 26.2. The van der Waals surface area contributed by atoms with E-state index >= 15 is 0 Å². The topological polar surface area (TPSA) is 96.0 Å². The molecular formula is C22H24FN3O5S. The summed E-state index contributed by atoms with van der Waals surface area (Å²) in [7, 11) is -3.75. The highest BCUT2D eigenvalue weighted by Gasteiger charge is 2.31. The minimum Gasteiger partial charge on any atom is -0.482 e. The van der Waals surface area contributed by atoms with E-state index in [1.165, 1.54) is 40.7 Å². The second kappa shape index (κ2) is 9.25. The fraction of sp³-hybridized carbons (Fsp3) is 0.364. The fourth-order valence-electron chi connectivity index (χ4n) is 3.84. The van der Waals surface area contributed by atoms with Gasteiger partial charge in [-0.15, -0.1) is 0 Å². The lowest BCUT2D eigenvalue weighted by Gasteiger charge is -2.30. The molecule has 0 saturated carbocycles. The summed E-state index contributed by atoms with van der Waals surface area (Å²) in [6, 6.07) is 10.0. The van der Waals surface area contributed by atoms with E-state index in [9.17, 15) is 22.4 Å². The van der Waals surface area contributed by atoms with Crippen LogP contribution in [0.4, 0.5) is 15.8 Å². The number of para-hydroxylation sites is 1. The molecule has 0 unspecified atom stereocenters. The molecule has 2 aliphatic heterocycles. The molecule has 2 aliphatic rings. The molecule has 0 aromatic heterocycles. The number of ether oxygens (including phenoxy) is 1. The average Bonchev–Trinajstić information content (AvgIpc) is 3.07. The molecule has 32 heavy (non-hydrogen) atoms. The van der Waals surface area contributed by atoms with Gasteiger partial charge < -0.3 is 10.1 Å². The van der Waals surface area contributed by atoms with Crippen molar-refractivity contribution in [3.05, 3.63) is 48.3 Å². The smallest absolute Gasteiger partial charge is 0.265 e. The second-order valence-corrected chi connectivity index (χ2v) is 9.68. The van der Waals surface area contributed by atoms with Crippen LogP contribution in [0.15, 0.2) is 47.4 Å². The first-order valence-electron chi connectivity index (χ1n) is 10.5. The third-order valence-corrected chi connectivity index (χ3v) is 7.42. The molecule has 2 amide bonds. The quantitative estimate of drug-likeness (QED) is 0.739. The van der Waals surface area contributed by atoms with Gasteiger partial charge in [-0.2, -0.15) is 4.31 Å². The van der Waals surface area contributed by atoms with E-state index in [1.807, 2.05) is 0 Å². The molecule has 0 radical (unpaired) electrons. The zero-order chi connectivity index (χ0) is 22.7. The van der Waals surface area contributed by atoms with Gasteiger partial charge in [0.1, 0.15) is 18.1 Å². The zero-order valence-electron chi connectivity index (χ0n) is 17.4. The fourth-order valence-corrected chi connectivity index (χ4v) is 5.38. The van der Waals surface area contributed by atoms with Crippen LogP contribution >= 0.6 is 0 Å². The summed E-state index contributed by atoms with van der Waals surface area (Å²) >= 11 is 0. The molecule has 4 rings (SSSR count). The van der Waals surface area contributed by atoms with Crippen LogP contribution in [0.5, 0.6) is 5.75 Å². The summed E-state index contributed by atoms with van der Waals surface area (Å²) in [6.07, 6.45) is 3.58. The van der Waals surface area contributed by atoms with Crippen molar-refractivity contribution in [1.82, 2.24) is 4.31 Å². The Morgan fingerprint density at radius 3 is 2.50 bits per heavy atom. The molecule has 8 nitrogen and oxygen atoms in total. The number of anilines is 2. The monoisotopic (exact) mass is 461 g/mol. The van der Waals surface area contributed by atoms with Crippen LogP contribution in [-0.2, 0) is 19.6 Å². The van der Waals surface area contributed by atoms with Gasteiger partial charge in [-0.05, 0) is 43.2 Å². The average molecular weight is 462 g/mol. The number of rotatable bonds is 5. The Balaban J connectivity index is 1.59. The van der Waals surface area contributed by atoms with Gasteiger partial charge in [-0.3, -0.25) is 14.5 Å². The highest BCUT2D eigenvalue weighted by molar-refractivity contribution is 7.89. The number of amides is 2. The van der Waals surface area contributed by atoms with E-state index in [1.54, 1.807) is 6.07 Å². The number of hydrogen-bond acceptors (Lipinski definition) is 5. The van der Waals surface area contributed by atoms with E-state index in [2.05, 4.69) is 5.32 Å². The lowest BCUT2D eigenvalue weighted by atomic mass is 10.2. The van der Waals surface area contributed by atoms with Crippen LogP contribution in [0, 0.1) is 5.82 Å². The van der Waals surface area contributed by atoms with Crippen molar-refractivity contribution in [2.75, 3.05) is 36.5 Å². The Labute approximate surface area is 186 Å². The number of sulfonamides is 1. The van der Waals surface area contributed by atoms with Crippen molar-refractivity contribution in [3.8, 4) is 5.75 Å². The highest BCUT2D eigenvalue weighted by atomic mass is 32.2. The first-order chi connectivity index (χ1) is 15.4. The molecule has 1 N–H and O–H groups in total. The summed E-state index contributed by atoms with van der Waals surface area (Å²) < 4.78 is 47.1. The molecule has 2 aromatic rings. The Hall–Kier alpha value is -2.98. The lowest BCUT2D eigenvalue weighted by Crippen LogP contribution is -2.43. The molecule has 1 fully saturated rings. The van der Waals surface area contributed by atoms with Crippen molar-refractivity contribution >= 4 is 33.2 Å². The second-order valence-electron chi connectivity index (χ2n) is 7.74. The maximum absolute atomic E-state index is 13.8. The van der Waals surface area contributed by atoms with E-state index in [0.29, 0.717) is 18.8 Å². The number of halogens is 1. The number of nitrogens with one attached hydrogen (secondary N) is 1. The largest absolute Gasteiger partial charge is 0.482 e. The minimum absolute atomic E-state index is 0.00377. The number of benzene rings is 2. The van der Waals surface area contributed by atoms with Crippen LogP contribution in [0.1, 0.15) is 25.7 Å². The van der Waals surface area contributed by atoms with Gasteiger partial charge in [0.2, 0.25) is 15.9 Å². The molecular weight excluding hydrogens is 437 g/mol. The van der Waals surface area contributed by atoms with Gasteiger partial charge in [0.25, 0.3) is 5.91 Å². The van der Waals surface area contributed by atoms with Crippen molar-refractivity contribution in [2.45, 2.75) is 30.6 Å². The molecule has 0 aliphatic carbocycles. The molecule has 170 valence electrons. The van der Waals surface area contributed by atoms with Gasteiger partial charge in [0.05, 0.1) is 16.3 Å². The van der Waals surface area contributed by atoms with E-state index in [-0.39, 0.29) is 22.9 Å². The van der Waals surface area contributed by atoms with Crippen molar-refractivity contribution in [2.24, 2.45) is 0 Å². The first kappa shape index (κ1) is 22.2. The third-order valence-electron chi connectivity index (χ3n) is 5.53. The van der Waals surface area contributed by atoms with Crippen molar-refractivity contribution in [3.63, 3.8) is 0 Å². The molecule has 10 heteroatoms. The van der Waals surface area contributed by atoms with Gasteiger partial charge in [0.15, 0.2) is 6.61 Å². The van der Waals surface area contributed by atoms with Crippen molar-refractivity contribution < 1.29 is 27.1 Å². The van der Waals surface area contributed by atoms with Crippen molar-refractivity contribution in [1.29, 1.82) is 0 Å². The first-order valence-corrected chi connectivity index (χ1v) is 11.9. The number of carbonyl (C=O) groups excluding carboxylic acids is 2. The van der Waals surface area contributed by atoms with Crippen LogP contribution in [0.25, 0.3) is 0 Å². The Kier molecular flexibility index (Phi) is 6.43. The number of nitrogens with zero attached hydrogens (tertiary/aromatic N) is 2. The van der Waals surface area contributed by atoms with Gasteiger partial charge >= 0.3 is 0 Å². The zero-order valence-corrected chi connectivity index (χ0v) is 18.2. The molecule has 2 aromatic carbocycles. The highest BCUT2D eigenvalue weighted by Crippen LogP contribution is 2.35. The molecule has 2 heterocycles. The van der Waals surface area contributed by atoms with Crippen LogP contribution in [-0.4, -0.2) is 50.8 Å². The number of hydrogen-bond donors (Lipinski definition) is 1. The van der Waals surface area contributed by atoms with E-state index in [0.717, 1.165) is 30.6 Å². The molecule has 1 saturated heterocycles. The molecule has 0 spiro atoms. The maximum Gasteiger partial charge on any atom is 0.265 e. The van der Waals surface area contributed by atoms with Gasteiger partial charge in [0, 0.05) is 13.1 Å². The normalized spacial score (nSPS) is 17.3. The SMILES string of the molecule is O=C(CN1C(=O)COc2ccc(S(=O)(=O)N3CCCCCC3)cc21)Nc1ccccc1F. The number of carbonyl (C=O) groups is 2. The molecule has 0 atom stereocenters. The Bertz CT molecular complexity index is 1130. The lowest BCUT2D eigenvalue weighted by molar-refractivity contribution is -0.123. The predicted molar refractivity (Wildman–Crippen MR) is 117 cm³/mol.